The van der Waals surface area contributed by atoms with E-state index in [0.717, 1.165) is 6.42 Å². The Balaban J connectivity index is 0.00000289. The molecule has 0 spiro atoms. The molecule has 0 saturated carbocycles. The van der Waals surface area contributed by atoms with Crippen LogP contribution >= 0.6 is 0 Å². The van der Waals surface area contributed by atoms with Gasteiger partial charge in [-0.25, -0.2) is 0 Å². The van der Waals surface area contributed by atoms with Gasteiger partial charge >= 0.3 is 0 Å². The molecule has 0 saturated heterocycles. The van der Waals surface area contributed by atoms with E-state index in [9.17, 15) is 4.79 Å². The summed E-state index contributed by atoms with van der Waals surface area (Å²) in [5.74, 6) is 0.361. The molecular weight excluding hydrogens is 226 g/mol. The summed E-state index contributed by atoms with van der Waals surface area (Å²) in [7, 11) is 1.64. The van der Waals surface area contributed by atoms with Gasteiger partial charge in [-0.15, -0.1) is 0 Å². The largest absolute Gasteiger partial charge is 0.399 e. The lowest BCUT2D eigenvalue weighted by Gasteiger charge is -2.04. The van der Waals surface area contributed by atoms with Gasteiger partial charge in [-0.3, -0.25) is 9.79 Å². The van der Waals surface area contributed by atoms with Crippen LogP contribution in [0.5, 0.6) is 0 Å². The number of allylic oxidation sites excluding steroid dienone is 1. The average Bonchev–Trinajstić information content (AvgIpc) is 2.35. The highest BCUT2D eigenvalue weighted by Gasteiger charge is 2.05. The van der Waals surface area contributed by atoms with Crippen LogP contribution in [0.2, 0.25) is 0 Å². The molecule has 0 heterocycles. The average molecular weight is 247 g/mol. The smallest absolute Gasteiger partial charge is 0.256 e. The quantitative estimate of drug-likeness (QED) is 0.490. The minimum absolute atomic E-state index is 0. The number of nitrogens with two attached hydrogens (primary N) is 1. The second-order valence-electron chi connectivity index (χ2n) is 3.50. The Kier molecular flexibility index (Phi) is 7.12. The van der Waals surface area contributed by atoms with Crippen molar-refractivity contribution < 1.29 is 4.79 Å². The second kappa shape index (κ2) is 8.06. The number of carbonyl (C=O) groups is 1. The molecule has 0 aromatic heterocycles. The summed E-state index contributed by atoms with van der Waals surface area (Å²) in [5.41, 5.74) is 6.75. The van der Waals surface area contributed by atoms with Crippen molar-refractivity contribution in [1.29, 1.82) is 0 Å². The number of benzene rings is 1. The lowest BCUT2D eigenvalue weighted by molar-refractivity contribution is 0.0977. The maximum atomic E-state index is 11.8. The Morgan fingerprint density at radius 3 is 2.50 bits per heavy atom. The summed E-state index contributed by atoms with van der Waals surface area (Å²) in [6, 6.07) is 6.75. The topological polar surface area (TPSA) is 67.5 Å². The van der Waals surface area contributed by atoms with Crippen LogP contribution in [0.1, 0.15) is 31.1 Å². The highest BCUT2D eigenvalue weighted by Crippen LogP contribution is 2.05. The second-order valence-corrected chi connectivity index (χ2v) is 3.50. The number of amidine groups is 1. The maximum absolute atomic E-state index is 11.8. The minimum atomic E-state index is -0.189. The third kappa shape index (κ3) is 4.82. The molecule has 3 N–H and O–H groups in total. The third-order valence-corrected chi connectivity index (χ3v) is 2.17. The van der Waals surface area contributed by atoms with Gasteiger partial charge in [-0.1, -0.05) is 20.4 Å². The first-order chi connectivity index (χ1) is 8.17. The molecule has 4 nitrogen and oxygen atoms in total. The number of hydrogen-bond acceptors (Lipinski definition) is 3. The Bertz CT molecular complexity index is 433. The van der Waals surface area contributed by atoms with Gasteiger partial charge in [0.05, 0.1) is 0 Å². The third-order valence-electron chi connectivity index (χ3n) is 2.17. The zero-order valence-electron chi connectivity index (χ0n) is 10.1. The first-order valence-corrected chi connectivity index (χ1v) is 5.47. The van der Waals surface area contributed by atoms with Crippen LogP contribution in [0.15, 0.2) is 41.4 Å². The van der Waals surface area contributed by atoms with Gasteiger partial charge in [0, 0.05) is 18.3 Å². The summed E-state index contributed by atoms with van der Waals surface area (Å²) in [6.07, 6.45) is 4.62. The Hall–Kier alpha value is -2.10. The van der Waals surface area contributed by atoms with E-state index in [1.807, 2.05) is 13.0 Å². The van der Waals surface area contributed by atoms with E-state index in [1.54, 1.807) is 37.4 Å². The molecule has 0 aliphatic carbocycles. The zero-order valence-corrected chi connectivity index (χ0v) is 10.1. The van der Waals surface area contributed by atoms with E-state index in [1.165, 1.54) is 0 Å². The summed E-state index contributed by atoms with van der Waals surface area (Å²) >= 11 is 0. The molecule has 98 valence electrons. The first kappa shape index (κ1) is 15.9. The van der Waals surface area contributed by atoms with Crippen molar-refractivity contribution in [3.8, 4) is 0 Å². The number of nitrogens with one attached hydrogen (secondary N) is 1. The zero-order chi connectivity index (χ0) is 12.7. The van der Waals surface area contributed by atoms with Crippen LogP contribution in [0.3, 0.4) is 0 Å². The maximum Gasteiger partial charge on any atom is 0.256 e. The standard InChI is InChI=1S/C13H17N3O.CH4/c1-3-4-5-12(15-2)16-13(17)10-6-8-11(14)9-7-10;/h4-9H,3,14H2,1-2H3,(H,15,16,17);1H4/b5-4-;. The molecule has 0 bridgehead atoms. The summed E-state index contributed by atoms with van der Waals surface area (Å²) in [4.78, 5) is 15.8. The van der Waals surface area contributed by atoms with Crippen LogP contribution < -0.4 is 11.1 Å². The lowest BCUT2D eigenvalue weighted by atomic mass is 10.2. The molecule has 1 aromatic carbocycles. The predicted molar refractivity (Wildman–Crippen MR) is 77.8 cm³/mol. The molecule has 18 heavy (non-hydrogen) atoms. The van der Waals surface area contributed by atoms with Crippen molar-refractivity contribution in [1.82, 2.24) is 5.32 Å². The fraction of sp³-hybridized carbons (Fsp3) is 0.286. The van der Waals surface area contributed by atoms with Crippen LogP contribution in [0.4, 0.5) is 5.69 Å². The lowest BCUT2D eigenvalue weighted by Crippen LogP contribution is -2.29. The SMILES string of the molecule is C.CC/C=C\C(=NC)NC(=O)c1ccc(N)cc1. The molecule has 0 fully saturated rings. The molecule has 1 aromatic rings. The monoisotopic (exact) mass is 247 g/mol. The normalized spacial score (nSPS) is 11.1. The predicted octanol–water partition coefficient (Wildman–Crippen LogP) is 2.63. The fourth-order valence-corrected chi connectivity index (χ4v) is 1.22. The number of nitrogens with zero attached hydrogens (tertiary/aromatic N) is 1. The van der Waals surface area contributed by atoms with Gasteiger partial charge in [0.1, 0.15) is 5.84 Å². The van der Waals surface area contributed by atoms with Gasteiger partial charge in [0.15, 0.2) is 0 Å². The van der Waals surface area contributed by atoms with Crippen LogP contribution in [0.25, 0.3) is 0 Å². The van der Waals surface area contributed by atoms with Gasteiger partial charge < -0.3 is 11.1 Å². The van der Waals surface area contributed by atoms with Crippen molar-refractivity contribution in [2.45, 2.75) is 20.8 Å². The number of carbonyl (C=O) groups excluding carboxylic acids is 1. The number of hydrogen-bond donors (Lipinski definition) is 2. The minimum Gasteiger partial charge on any atom is -0.399 e. The molecule has 1 amide bonds. The molecule has 0 radical (unpaired) electrons. The molecular formula is C14H21N3O. The van der Waals surface area contributed by atoms with E-state index in [2.05, 4.69) is 10.3 Å². The van der Waals surface area contributed by atoms with E-state index < -0.39 is 0 Å². The number of nitrogen functional groups attached to an aromatic ring is 1. The molecule has 0 aliphatic heterocycles. The summed E-state index contributed by atoms with van der Waals surface area (Å²) in [6.45, 7) is 2.02. The number of anilines is 1. The highest BCUT2D eigenvalue weighted by molar-refractivity contribution is 6.10. The molecule has 0 aliphatic rings. The van der Waals surface area contributed by atoms with Gasteiger partial charge in [0.2, 0.25) is 0 Å². The Labute approximate surface area is 109 Å². The van der Waals surface area contributed by atoms with Crippen LogP contribution in [0, 0.1) is 0 Å². The van der Waals surface area contributed by atoms with Gasteiger partial charge in [0.25, 0.3) is 5.91 Å². The van der Waals surface area contributed by atoms with Crippen molar-refractivity contribution in [2.75, 3.05) is 12.8 Å². The van der Waals surface area contributed by atoms with E-state index in [4.69, 9.17) is 5.73 Å². The van der Waals surface area contributed by atoms with E-state index in [0.29, 0.717) is 17.1 Å². The highest BCUT2D eigenvalue weighted by atomic mass is 16.1. The molecule has 0 unspecified atom stereocenters. The molecule has 0 atom stereocenters. The van der Waals surface area contributed by atoms with Crippen molar-refractivity contribution in [3.05, 3.63) is 42.0 Å². The Morgan fingerprint density at radius 2 is 2.00 bits per heavy atom. The number of amides is 1. The van der Waals surface area contributed by atoms with Gasteiger partial charge in [-0.05, 0) is 36.8 Å². The van der Waals surface area contributed by atoms with Crippen LogP contribution in [-0.4, -0.2) is 18.8 Å². The summed E-state index contributed by atoms with van der Waals surface area (Å²) in [5, 5.41) is 2.72. The Morgan fingerprint density at radius 1 is 1.39 bits per heavy atom. The van der Waals surface area contributed by atoms with Crippen molar-refractivity contribution >= 4 is 17.4 Å². The first-order valence-electron chi connectivity index (χ1n) is 5.47. The molecule has 1 rings (SSSR count). The molecule has 4 heteroatoms. The van der Waals surface area contributed by atoms with Crippen LogP contribution in [-0.2, 0) is 0 Å². The van der Waals surface area contributed by atoms with Gasteiger partial charge in [-0.2, -0.15) is 0 Å². The number of aliphatic imine (C=N–C) groups is 1. The summed E-state index contributed by atoms with van der Waals surface area (Å²) < 4.78 is 0. The fourth-order valence-electron chi connectivity index (χ4n) is 1.22. The van der Waals surface area contributed by atoms with E-state index >= 15 is 0 Å². The van der Waals surface area contributed by atoms with Crippen molar-refractivity contribution in [3.63, 3.8) is 0 Å². The number of rotatable bonds is 3. The van der Waals surface area contributed by atoms with E-state index in [-0.39, 0.29) is 13.3 Å². The van der Waals surface area contributed by atoms with Crippen molar-refractivity contribution in [2.24, 2.45) is 4.99 Å².